The van der Waals surface area contributed by atoms with E-state index < -0.39 is 0 Å². The highest BCUT2D eigenvalue weighted by Gasteiger charge is 2.24. The van der Waals surface area contributed by atoms with Crippen LogP contribution in [0, 0.1) is 5.92 Å². The molecule has 0 saturated carbocycles. The molecule has 3 amide bonds. The number of carbonyl (C=O) groups excluding carboxylic acids is 2. The van der Waals surface area contributed by atoms with Crippen LogP contribution >= 0.6 is 0 Å². The lowest BCUT2D eigenvalue weighted by molar-refractivity contribution is -0.133. The molecule has 0 spiro atoms. The summed E-state index contributed by atoms with van der Waals surface area (Å²) in [5.74, 6) is 0.295. The fourth-order valence-corrected chi connectivity index (χ4v) is 3.35. The Labute approximate surface area is 180 Å². The van der Waals surface area contributed by atoms with E-state index in [1.54, 1.807) is 4.90 Å². The molecule has 0 saturated heterocycles. The molecule has 0 aliphatic heterocycles. The summed E-state index contributed by atoms with van der Waals surface area (Å²) in [6, 6.07) is 11.5. The van der Waals surface area contributed by atoms with Crippen LogP contribution in [0.15, 0.2) is 42.6 Å². The van der Waals surface area contributed by atoms with Crippen LogP contribution in [0.2, 0.25) is 0 Å². The van der Waals surface area contributed by atoms with E-state index in [0.29, 0.717) is 19.0 Å². The number of aromatic nitrogens is 1. The summed E-state index contributed by atoms with van der Waals surface area (Å²) >= 11 is 0. The molecule has 1 aromatic heterocycles. The molecule has 6 nitrogen and oxygen atoms in total. The Bertz CT molecular complexity index is 841. The van der Waals surface area contributed by atoms with Crippen molar-refractivity contribution < 1.29 is 9.59 Å². The van der Waals surface area contributed by atoms with E-state index in [9.17, 15) is 9.59 Å². The van der Waals surface area contributed by atoms with Gasteiger partial charge < -0.3 is 19.7 Å². The van der Waals surface area contributed by atoms with Crippen LogP contribution in [0.3, 0.4) is 0 Å². The third-order valence-electron chi connectivity index (χ3n) is 5.12. The molecule has 1 N–H and O–H groups in total. The Morgan fingerprint density at radius 1 is 1.10 bits per heavy atom. The lowest BCUT2D eigenvalue weighted by atomic mass is 10.1. The highest BCUT2D eigenvalue weighted by Crippen LogP contribution is 2.14. The number of nitrogens with zero attached hydrogens (tertiary/aromatic N) is 3. The van der Waals surface area contributed by atoms with Crippen LogP contribution in [0.1, 0.15) is 45.9 Å². The number of benzene rings is 1. The average Bonchev–Trinajstić information content (AvgIpc) is 3.09. The van der Waals surface area contributed by atoms with Crippen molar-refractivity contribution in [3.8, 4) is 0 Å². The van der Waals surface area contributed by atoms with E-state index in [4.69, 9.17) is 0 Å². The van der Waals surface area contributed by atoms with Gasteiger partial charge in [0.1, 0.15) is 6.54 Å². The number of aryl methyl sites for hydroxylation is 2. The van der Waals surface area contributed by atoms with Crippen LogP contribution < -0.4 is 5.32 Å². The number of amides is 3. The minimum absolute atomic E-state index is 0.0453. The van der Waals surface area contributed by atoms with E-state index in [0.717, 1.165) is 23.4 Å². The van der Waals surface area contributed by atoms with Crippen molar-refractivity contribution in [3.63, 3.8) is 0 Å². The second-order valence-corrected chi connectivity index (χ2v) is 8.48. The molecule has 0 fully saturated rings. The molecule has 30 heavy (non-hydrogen) atoms. The third-order valence-corrected chi connectivity index (χ3v) is 5.12. The number of hydrogen-bond donors (Lipinski definition) is 1. The Morgan fingerprint density at radius 2 is 1.83 bits per heavy atom. The van der Waals surface area contributed by atoms with Crippen LogP contribution in [0.4, 0.5) is 10.5 Å². The molecule has 1 heterocycles. The second kappa shape index (κ2) is 10.9. The molecular weight excluding hydrogens is 376 g/mol. The summed E-state index contributed by atoms with van der Waals surface area (Å²) in [4.78, 5) is 29.6. The van der Waals surface area contributed by atoms with Gasteiger partial charge in [-0.25, -0.2) is 4.79 Å². The first-order valence-corrected chi connectivity index (χ1v) is 10.8. The Morgan fingerprint density at radius 3 is 2.40 bits per heavy atom. The molecule has 0 aliphatic rings. The van der Waals surface area contributed by atoms with E-state index in [1.165, 1.54) is 0 Å². The van der Waals surface area contributed by atoms with Crippen molar-refractivity contribution in [2.75, 3.05) is 18.4 Å². The maximum Gasteiger partial charge on any atom is 0.322 e. The zero-order valence-corrected chi connectivity index (χ0v) is 19.2. The zero-order valence-electron chi connectivity index (χ0n) is 19.2. The summed E-state index contributed by atoms with van der Waals surface area (Å²) < 4.78 is 2.02. The van der Waals surface area contributed by atoms with Crippen molar-refractivity contribution in [2.45, 2.75) is 53.6 Å². The van der Waals surface area contributed by atoms with Gasteiger partial charge in [0.25, 0.3) is 0 Å². The van der Waals surface area contributed by atoms with Crippen molar-refractivity contribution in [2.24, 2.45) is 13.0 Å². The van der Waals surface area contributed by atoms with Gasteiger partial charge in [0.2, 0.25) is 5.91 Å². The molecule has 0 atom stereocenters. The van der Waals surface area contributed by atoms with Gasteiger partial charge in [-0.1, -0.05) is 32.9 Å². The number of carbonyl (C=O) groups is 2. The molecule has 0 radical (unpaired) electrons. The topological polar surface area (TPSA) is 57.6 Å². The lowest BCUT2D eigenvalue weighted by Crippen LogP contribution is -2.48. The molecule has 2 aromatic rings. The predicted molar refractivity (Wildman–Crippen MR) is 122 cm³/mol. The summed E-state index contributed by atoms with van der Waals surface area (Å²) in [7, 11) is 1.98. The Hall–Kier alpha value is -2.76. The summed E-state index contributed by atoms with van der Waals surface area (Å²) in [6.07, 6.45) is 2.88. The Kier molecular flexibility index (Phi) is 8.51. The fraction of sp³-hybridized carbons (Fsp3) is 0.500. The molecule has 6 heteroatoms. The van der Waals surface area contributed by atoms with Gasteiger partial charge in [0.15, 0.2) is 0 Å². The standard InChI is InChI=1S/C24H36N4O2/c1-7-20-10-8-11-21(14-20)25-24(30)28(19(4)5)17-23(29)27(15-18(2)3)16-22-12-9-13-26(22)6/h8-14,18-19H,7,15-17H2,1-6H3,(H,25,30). The van der Waals surface area contributed by atoms with Gasteiger partial charge in [-0.15, -0.1) is 0 Å². The van der Waals surface area contributed by atoms with Crippen LogP contribution in [-0.2, 0) is 24.8 Å². The maximum absolute atomic E-state index is 13.2. The minimum atomic E-state index is -0.255. The minimum Gasteiger partial charge on any atom is -0.353 e. The lowest BCUT2D eigenvalue weighted by Gasteiger charge is -2.31. The van der Waals surface area contributed by atoms with Gasteiger partial charge in [0.05, 0.1) is 6.54 Å². The quantitative estimate of drug-likeness (QED) is 0.659. The molecule has 1 aromatic carbocycles. The largest absolute Gasteiger partial charge is 0.353 e. The summed E-state index contributed by atoms with van der Waals surface area (Å²) in [6.45, 7) is 11.4. The molecular formula is C24H36N4O2. The molecule has 2 rings (SSSR count). The second-order valence-electron chi connectivity index (χ2n) is 8.48. The van der Waals surface area contributed by atoms with Crippen LogP contribution in [0.5, 0.6) is 0 Å². The molecule has 164 valence electrons. The van der Waals surface area contributed by atoms with Gasteiger partial charge >= 0.3 is 6.03 Å². The van der Waals surface area contributed by atoms with E-state index in [-0.39, 0.29) is 24.5 Å². The average molecular weight is 413 g/mol. The predicted octanol–water partition coefficient (Wildman–Crippen LogP) is 4.51. The third kappa shape index (κ3) is 6.65. The fourth-order valence-electron chi connectivity index (χ4n) is 3.35. The highest BCUT2D eigenvalue weighted by molar-refractivity contribution is 5.92. The first kappa shape index (κ1) is 23.5. The summed E-state index contributed by atoms with van der Waals surface area (Å²) in [5.41, 5.74) is 2.98. The monoisotopic (exact) mass is 412 g/mol. The molecule has 0 aliphatic carbocycles. The molecule has 0 bridgehead atoms. The van der Waals surface area contributed by atoms with E-state index >= 15 is 0 Å². The number of urea groups is 1. The summed E-state index contributed by atoms with van der Waals surface area (Å²) in [5, 5.41) is 2.95. The number of rotatable bonds is 9. The highest BCUT2D eigenvalue weighted by atomic mass is 16.2. The maximum atomic E-state index is 13.2. The Balaban J connectivity index is 2.12. The first-order chi connectivity index (χ1) is 14.2. The van der Waals surface area contributed by atoms with Gasteiger partial charge in [-0.05, 0) is 56.0 Å². The van der Waals surface area contributed by atoms with Crippen molar-refractivity contribution in [3.05, 3.63) is 53.9 Å². The number of nitrogens with one attached hydrogen (secondary N) is 1. The van der Waals surface area contributed by atoms with Crippen molar-refractivity contribution >= 4 is 17.6 Å². The van der Waals surface area contributed by atoms with Gasteiger partial charge in [-0.3, -0.25) is 4.79 Å². The van der Waals surface area contributed by atoms with E-state index in [2.05, 4.69) is 26.1 Å². The van der Waals surface area contributed by atoms with E-state index in [1.807, 2.05) is 73.0 Å². The number of anilines is 1. The number of hydrogen-bond acceptors (Lipinski definition) is 2. The first-order valence-electron chi connectivity index (χ1n) is 10.8. The van der Waals surface area contributed by atoms with Crippen LogP contribution in [-0.4, -0.2) is 45.4 Å². The normalized spacial score (nSPS) is 11.1. The van der Waals surface area contributed by atoms with Crippen LogP contribution in [0.25, 0.3) is 0 Å². The zero-order chi connectivity index (χ0) is 22.3. The van der Waals surface area contributed by atoms with Gasteiger partial charge in [-0.2, -0.15) is 0 Å². The van der Waals surface area contributed by atoms with Crippen molar-refractivity contribution in [1.82, 2.24) is 14.4 Å². The van der Waals surface area contributed by atoms with Gasteiger partial charge in [0, 0.05) is 37.2 Å². The van der Waals surface area contributed by atoms with Crippen molar-refractivity contribution in [1.29, 1.82) is 0 Å². The smallest absolute Gasteiger partial charge is 0.322 e. The molecule has 0 unspecified atom stereocenters. The SMILES string of the molecule is CCc1cccc(NC(=O)N(CC(=O)N(Cc2cccn2C)CC(C)C)C(C)C)c1.